The van der Waals surface area contributed by atoms with Gasteiger partial charge in [-0.25, -0.2) is 4.98 Å². The first-order valence-corrected chi connectivity index (χ1v) is 5.25. The molecule has 0 spiro atoms. The number of aromatic amines is 1. The molecule has 0 radical (unpaired) electrons. The monoisotopic (exact) mass is 206 g/mol. The van der Waals surface area contributed by atoms with Crippen LogP contribution in [0.5, 0.6) is 0 Å². The zero-order valence-electron chi connectivity index (χ0n) is 10.00. The molecule has 0 aliphatic carbocycles. The molecule has 15 heavy (non-hydrogen) atoms. The minimum absolute atomic E-state index is 0.0814. The molecule has 2 rings (SSSR count). The summed E-state index contributed by atoms with van der Waals surface area (Å²) in [4.78, 5) is 4.11. The van der Waals surface area contributed by atoms with Gasteiger partial charge in [0.15, 0.2) is 0 Å². The van der Waals surface area contributed by atoms with E-state index in [1.165, 1.54) is 5.56 Å². The average molecular weight is 206 g/mol. The highest BCUT2D eigenvalue weighted by atomic mass is 15.3. The van der Waals surface area contributed by atoms with Crippen LogP contribution in [0.25, 0.3) is 11.2 Å². The number of pyridine rings is 1. The molecule has 4 nitrogen and oxygen atoms in total. The second-order valence-corrected chi connectivity index (χ2v) is 4.10. The number of nitrogens with zero attached hydrogens (tertiary/aromatic N) is 3. The van der Waals surface area contributed by atoms with E-state index in [-0.39, 0.29) is 5.41 Å². The van der Waals surface area contributed by atoms with Crippen LogP contribution in [0.15, 0.2) is 12.3 Å². The van der Waals surface area contributed by atoms with Crippen LogP contribution in [0, 0.1) is 0 Å². The van der Waals surface area contributed by atoms with Gasteiger partial charge in [0.1, 0.15) is 5.52 Å². The third kappa shape index (κ3) is 2.32. The van der Waals surface area contributed by atoms with Crippen molar-refractivity contribution in [3.05, 3.63) is 17.8 Å². The Hall–Kier alpha value is -1.45. The van der Waals surface area contributed by atoms with Gasteiger partial charge >= 0.3 is 0 Å². The largest absolute Gasteiger partial charge is 0.234 e. The summed E-state index contributed by atoms with van der Waals surface area (Å²) in [5.74, 6) is 0. The normalized spacial score (nSPS) is 11.0. The molecule has 0 aliphatic rings. The Morgan fingerprint density at radius 3 is 2.40 bits per heavy atom. The summed E-state index contributed by atoms with van der Waals surface area (Å²) in [6, 6.07) is 1.99. The van der Waals surface area contributed by atoms with Gasteiger partial charge in [-0.1, -0.05) is 34.6 Å². The van der Waals surface area contributed by atoms with Crippen molar-refractivity contribution >= 4 is 11.2 Å². The van der Waals surface area contributed by atoms with Crippen LogP contribution < -0.4 is 0 Å². The van der Waals surface area contributed by atoms with Crippen molar-refractivity contribution in [2.45, 2.75) is 40.0 Å². The Morgan fingerprint density at radius 2 is 1.80 bits per heavy atom. The Labute approximate surface area is 90.1 Å². The third-order valence-corrected chi connectivity index (χ3v) is 2.03. The van der Waals surface area contributed by atoms with E-state index >= 15 is 0 Å². The van der Waals surface area contributed by atoms with Crippen molar-refractivity contribution in [1.29, 1.82) is 0 Å². The van der Waals surface area contributed by atoms with E-state index in [4.69, 9.17) is 0 Å². The summed E-state index contributed by atoms with van der Waals surface area (Å²) in [6.45, 7) is 10.4. The maximum Gasteiger partial charge on any atom is 0.201 e. The van der Waals surface area contributed by atoms with Gasteiger partial charge in [-0.05, 0) is 17.0 Å². The molecule has 1 N–H and O–H groups in total. The molecule has 2 aromatic rings. The number of hydrogen-bond donors (Lipinski definition) is 1. The maximum atomic E-state index is 4.11. The van der Waals surface area contributed by atoms with Crippen LogP contribution in [0.2, 0.25) is 0 Å². The zero-order valence-corrected chi connectivity index (χ0v) is 10.00. The summed E-state index contributed by atoms with van der Waals surface area (Å²) in [5, 5.41) is 10.6. The second kappa shape index (κ2) is 4.38. The molecule has 0 saturated heterocycles. The molecule has 0 saturated carbocycles. The summed E-state index contributed by atoms with van der Waals surface area (Å²) in [6.07, 6.45) is 1.77. The van der Waals surface area contributed by atoms with E-state index in [2.05, 4.69) is 41.2 Å². The van der Waals surface area contributed by atoms with Crippen LogP contribution in [0.4, 0.5) is 0 Å². The van der Waals surface area contributed by atoms with Gasteiger partial charge in [0.05, 0.1) is 0 Å². The fourth-order valence-corrected chi connectivity index (χ4v) is 1.36. The molecule has 0 atom stereocenters. The first-order chi connectivity index (χ1) is 7.09. The van der Waals surface area contributed by atoms with E-state index < -0.39 is 0 Å². The molecule has 4 heteroatoms. The zero-order chi connectivity index (χ0) is 11.5. The predicted octanol–water partition coefficient (Wildman–Crippen LogP) is 2.68. The highest BCUT2D eigenvalue weighted by Gasteiger charge is 2.18. The lowest BCUT2D eigenvalue weighted by Gasteiger charge is -2.18. The molecule has 0 amide bonds. The van der Waals surface area contributed by atoms with Crippen molar-refractivity contribution < 1.29 is 0 Å². The fraction of sp³-hybridized carbons (Fsp3) is 0.545. The molecule has 2 heterocycles. The Balaban J connectivity index is 0.000000531. The van der Waals surface area contributed by atoms with Gasteiger partial charge in [-0.3, -0.25) is 0 Å². The highest BCUT2D eigenvalue weighted by Crippen LogP contribution is 2.26. The SMILES string of the molecule is CC.CC(C)(C)c1ccnc2n[nH]nc12. The van der Waals surface area contributed by atoms with Gasteiger partial charge in [-0.15, -0.1) is 5.10 Å². The first-order valence-electron chi connectivity index (χ1n) is 5.25. The number of fused-ring (bicyclic) bond motifs is 1. The van der Waals surface area contributed by atoms with Crippen molar-refractivity contribution in [1.82, 2.24) is 20.4 Å². The molecule has 0 unspecified atom stereocenters. The van der Waals surface area contributed by atoms with Crippen LogP contribution >= 0.6 is 0 Å². The molecule has 0 aliphatic heterocycles. The minimum atomic E-state index is 0.0814. The molecule has 82 valence electrons. The fourth-order valence-electron chi connectivity index (χ4n) is 1.36. The van der Waals surface area contributed by atoms with Gasteiger partial charge in [0.25, 0.3) is 0 Å². The number of rotatable bonds is 0. The van der Waals surface area contributed by atoms with Crippen LogP contribution in [-0.2, 0) is 5.41 Å². The van der Waals surface area contributed by atoms with Crippen LogP contribution in [0.1, 0.15) is 40.2 Å². The second-order valence-electron chi connectivity index (χ2n) is 4.10. The first kappa shape index (κ1) is 11.6. The van der Waals surface area contributed by atoms with E-state index in [1.807, 2.05) is 19.9 Å². The van der Waals surface area contributed by atoms with Crippen molar-refractivity contribution in [2.24, 2.45) is 0 Å². The van der Waals surface area contributed by atoms with Crippen molar-refractivity contribution in [3.63, 3.8) is 0 Å². The Kier molecular flexibility index (Phi) is 3.39. The van der Waals surface area contributed by atoms with Gasteiger partial charge in [0.2, 0.25) is 5.65 Å². The molecule has 0 fully saturated rings. The van der Waals surface area contributed by atoms with Crippen LogP contribution in [0.3, 0.4) is 0 Å². The molecule has 0 bridgehead atoms. The van der Waals surface area contributed by atoms with Crippen molar-refractivity contribution in [3.8, 4) is 0 Å². The summed E-state index contributed by atoms with van der Waals surface area (Å²) in [5.41, 5.74) is 2.81. The lowest BCUT2D eigenvalue weighted by Crippen LogP contribution is -2.11. The number of H-pyrrole nitrogens is 1. The molecular formula is C11H18N4. The van der Waals surface area contributed by atoms with Crippen LogP contribution in [-0.4, -0.2) is 20.4 Å². The topological polar surface area (TPSA) is 54.5 Å². The van der Waals surface area contributed by atoms with E-state index in [9.17, 15) is 0 Å². The molecule has 0 aromatic carbocycles. The molecule has 2 aromatic heterocycles. The van der Waals surface area contributed by atoms with E-state index in [0.717, 1.165) is 5.52 Å². The van der Waals surface area contributed by atoms with E-state index in [1.54, 1.807) is 6.20 Å². The molecular weight excluding hydrogens is 188 g/mol. The quantitative estimate of drug-likeness (QED) is 0.721. The average Bonchev–Trinajstić information content (AvgIpc) is 2.66. The van der Waals surface area contributed by atoms with Gasteiger partial charge < -0.3 is 0 Å². The lowest BCUT2D eigenvalue weighted by molar-refractivity contribution is 0.594. The smallest absolute Gasteiger partial charge is 0.201 e. The third-order valence-electron chi connectivity index (χ3n) is 2.03. The van der Waals surface area contributed by atoms with Gasteiger partial charge in [-0.2, -0.15) is 10.3 Å². The number of nitrogens with one attached hydrogen (secondary N) is 1. The minimum Gasteiger partial charge on any atom is -0.234 e. The summed E-state index contributed by atoms with van der Waals surface area (Å²) >= 11 is 0. The maximum absolute atomic E-state index is 4.11. The lowest BCUT2D eigenvalue weighted by atomic mass is 9.87. The Morgan fingerprint density at radius 1 is 1.13 bits per heavy atom. The van der Waals surface area contributed by atoms with E-state index in [0.29, 0.717) is 5.65 Å². The standard InChI is InChI=1S/C9H12N4.C2H6/c1-9(2,3)6-4-5-10-8-7(6)11-13-12-8;1-2/h4-5H,1-3H3,(H,10,11,12,13);1-2H3. The number of hydrogen-bond acceptors (Lipinski definition) is 3. The van der Waals surface area contributed by atoms with Crippen molar-refractivity contribution in [2.75, 3.05) is 0 Å². The van der Waals surface area contributed by atoms with Gasteiger partial charge in [0, 0.05) is 6.20 Å². The Bertz CT molecular complexity index is 425. The number of aromatic nitrogens is 4. The predicted molar refractivity (Wildman–Crippen MR) is 61.7 cm³/mol. The summed E-state index contributed by atoms with van der Waals surface area (Å²) in [7, 11) is 0. The highest BCUT2D eigenvalue weighted by molar-refractivity contribution is 5.74. The summed E-state index contributed by atoms with van der Waals surface area (Å²) < 4.78 is 0.